The van der Waals surface area contributed by atoms with Crippen molar-refractivity contribution in [1.82, 2.24) is 15.0 Å². The van der Waals surface area contributed by atoms with Gasteiger partial charge < -0.3 is 8.83 Å². The number of furan rings is 2. The second-order valence-electron chi connectivity index (χ2n) is 12.1. The molecular formula is C45H29N3O2. The van der Waals surface area contributed by atoms with Crippen molar-refractivity contribution in [3.8, 4) is 44.6 Å². The predicted octanol–water partition coefficient (Wildman–Crippen LogP) is 12.0. The summed E-state index contributed by atoms with van der Waals surface area (Å²) in [7, 11) is 0. The maximum atomic E-state index is 6.00. The standard InChI is InChI=1S/C23H15NO.C22H14N2O/c1-2-10-22-19(8-1)20-15-17(11-12-23(20)25-22)16-6-5-7-18(14-16)21-9-3-4-13-24-21;1-3-17(13-23-9-1)15-5-7-21-19(11-15)20-12-16(6-8-22(20)25-21)18-4-2-10-24-14-18/h1-15H;1-14H. The van der Waals surface area contributed by atoms with Gasteiger partial charge in [0.15, 0.2) is 0 Å². The molecule has 0 atom stereocenters. The van der Waals surface area contributed by atoms with E-state index in [1.165, 1.54) is 11.1 Å². The quantitative estimate of drug-likeness (QED) is 0.191. The summed E-state index contributed by atoms with van der Waals surface area (Å²) in [5.41, 5.74) is 12.6. The fraction of sp³-hybridized carbons (Fsp3) is 0. The zero-order valence-electron chi connectivity index (χ0n) is 26.9. The summed E-state index contributed by atoms with van der Waals surface area (Å²) >= 11 is 0. The lowest BCUT2D eigenvalue weighted by Crippen LogP contribution is -1.84. The Kier molecular flexibility index (Phi) is 7.41. The molecule has 0 spiro atoms. The van der Waals surface area contributed by atoms with Gasteiger partial charge in [0.2, 0.25) is 0 Å². The first-order valence-corrected chi connectivity index (χ1v) is 16.5. The highest BCUT2D eigenvalue weighted by Crippen LogP contribution is 2.35. The van der Waals surface area contributed by atoms with Gasteiger partial charge in [-0.15, -0.1) is 0 Å². The number of fused-ring (bicyclic) bond motifs is 6. The van der Waals surface area contributed by atoms with E-state index >= 15 is 0 Å². The molecule has 0 amide bonds. The second kappa shape index (κ2) is 12.6. The monoisotopic (exact) mass is 643 g/mol. The van der Waals surface area contributed by atoms with Crippen LogP contribution in [0.25, 0.3) is 88.5 Å². The van der Waals surface area contributed by atoms with Crippen molar-refractivity contribution < 1.29 is 8.83 Å². The molecule has 5 aromatic carbocycles. The Morgan fingerprint density at radius 1 is 0.320 bits per heavy atom. The van der Waals surface area contributed by atoms with Gasteiger partial charge in [-0.1, -0.05) is 72.8 Å². The highest BCUT2D eigenvalue weighted by Gasteiger charge is 2.11. The minimum Gasteiger partial charge on any atom is -0.456 e. The van der Waals surface area contributed by atoms with E-state index in [1.54, 1.807) is 12.4 Å². The SMILES string of the molecule is c1ccc(-c2cccc(-c3ccc4oc5ccccc5c4c3)c2)nc1.c1cncc(-c2ccc3oc4ccc(-c5cccnc5)cc4c3c2)c1. The molecule has 0 aliphatic heterocycles. The van der Waals surface area contributed by atoms with Crippen LogP contribution in [0.1, 0.15) is 0 Å². The lowest BCUT2D eigenvalue weighted by molar-refractivity contribution is 0.668. The fourth-order valence-electron chi connectivity index (χ4n) is 6.50. The van der Waals surface area contributed by atoms with Crippen LogP contribution < -0.4 is 0 Å². The fourth-order valence-corrected chi connectivity index (χ4v) is 6.50. The number of aromatic nitrogens is 3. The average molecular weight is 644 g/mol. The maximum absolute atomic E-state index is 6.00. The van der Waals surface area contributed by atoms with Gasteiger partial charge in [-0.2, -0.15) is 0 Å². The third-order valence-electron chi connectivity index (χ3n) is 8.99. The Hall–Kier alpha value is -6.85. The molecule has 0 fully saturated rings. The molecule has 0 saturated heterocycles. The van der Waals surface area contributed by atoms with Gasteiger partial charge in [0.1, 0.15) is 22.3 Å². The zero-order chi connectivity index (χ0) is 33.3. The van der Waals surface area contributed by atoms with E-state index < -0.39 is 0 Å². The third-order valence-corrected chi connectivity index (χ3v) is 8.99. The van der Waals surface area contributed by atoms with Gasteiger partial charge in [0.05, 0.1) is 5.69 Å². The molecule has 236 valence electrons. The van der Waals surface area contributed by atoms with Crippen molar-refractivity contribution in [2.75, 3.05) is 0 Å². The minimum absolute atomic E-state index is 0.894. The second-order valence-corrected chi connectivity index (χ2v) is 12.1. The normalized spacial score (nSPS) is 11.2. The smallest absolute Gasteiger partial charge is 0.135 e. The summed E-state index contributed by atoms with van der Waals surface area (Å²) in [4.78, 5) is 12.9. The number of nitrogens with zero attached hydrogens (tertiary/aromatic N) is 3. The summed E-state index contributed by atoms with van der Waals surface area (Å²) in [5, 5.41) is 4.53. The molecule has 5 aromatic heterocycles. The van der Waals surface area contributed by atoms with Crippen molar-refractivity contribution in [2.24, 2.45) is 0 Å². The Bertz CT molecular complexity index is 2660. The van der Waals surface area contributed by atoms with Crippen LogP contribution in [0.4, 0.5) is 0 Å². The molecule has 5 heteroatoms. The Balaban J connectivity index is 0.000000135. The lowest BCUT2D eigenvalue weighted by Gasteiger charge is -2.05. The molecule has 50 heavy (non-hydrogen) atoms. The molecule has 10 rings (SSSR count). The third kappa shape index (κ3) is 5.57. The van der Waals surface area contributed by atoms with Crippen LogP contribution in [0.5, 0.6) is 0 Å². The maximum Gasteiger partial charge on any atom is 0.135 e. The number of rotatable bonds is 4. The van der Waals surface area contributed by atoms with Crippen LogP contribution in [0.15, 0.2) is 185 Å². The largest absolute Gasteiger partial charge is 0.456 e. The first-order valence-electron chi connectivity index (χ1n) is 16.5. The van der Waals surface area contributed by atoms with Crippen LogP contribution in [-0.2, 0) is 0 Å². The number of hydrogen-bond acceptors (Lipinski definition) is 5. The number of pyridine rings is 3. The molecule has 0 unspecified atom stereocenters. The molecule has 0 saturated carbocycles. The number of hydrogen-bond donors (Lipinski definition) is 0. The Morgan fingerprint density at radius 2 is 0.820 bits per heavy atom. The Morgan fingerprint density at radius 3 is 1.40 bits per heavy atom. The molecule has 0 aliphatic carbocycles. The minimum atomic E-state index is 0.894. The van der Waals surface area contributed by atoms with E-state index in [1.807, 2.05) is 79.3 Å². The van der Waals surface area contributed by atoms with Crippen molar-refractivity contribution in [1.29, 1.82) is 0 Å². The number of para-hydroxylation sites is 1. The number of benzene rings is 5. The summed E-state index contributed by atoms with van der Waals surface area (Å²) in [6.07, 6.45) is 9.16. The molecule has 0 bridgehead atoms. The molecule has 0 radical (unpaired) electrons. The van der Waals surface area contributed by atoms with Gasteiger partial charge in [0.25, 0.3) is 0 Å². The summed E-state index contributed by atoms with van der Waals surface area (Å²) in [6.45, 7) is 0. The molecule has 5 heterocycles. The highest BCUT2D eigenvalue weighted by molar-refractivity contribution is 6.08. The lowest BCUT2D eigenvalue weighted by atomic mass is 10.00. The molecule has 0 aliphatic rings. The van der Waals surface area contributed by atoms with Crippen molar-refractivity contribution >= 4 is 43.9 Å². The van der Waals surface area contributed by atoms with Gasteiger partial charge in [0, 0.05) is 69.2 Å². The summed E-state index contributed by atoms with van der Waals surface area (Å²) in [5.74, 6) is 0. The average Bonchev–Trinajstić information content (AvgIpc) is 3.76. The molecule has 10 aromatic rings. The van der Waals surface area contributed by atoms with E-state index in [2.05, 4.69) is 99.9 Å². The van der Waals surface area contributed by atoms with E-state index in [0.29, 0.717) is 0 Å². The van der Waals surface area contributed by atoms with Gasteiger partial charge in [-0.3, -0.25) is 15.0 Å². The van der Waals surface area contributed by atoms with Crippen molar-refractivity contribution in [2.45, 2.75) is 0 Å². The van der Waals surface area contributed by atoms with Crippen molar-refractivity contribution in [3.63, 3.8) is 0 Å². The molecule has 0 N–H and O–H groups in total. The zero-order valence-corrected chi connectivity index (χ0v) is 26.9. The molecular weight excluding hydrogens is 615 g/mol. The topological polar surface area (TPSA) is 65.0 Å². The predicted molar refractivity (Wildman–Crippen MR) is 203 cm³/mol. The van der Waals surface area contributed by atoms with Crippen LogP contribution in [-0.4, -0.2) is 15.0 Å². The van der Waals surface area contributed by atoms with Crippen LogP contribution in [0, 0.1) is 0 Å². The van der Waals surface area contributed by atoms with Gasteiger partial charge >= 0.3 is 0 Å². The summed E-state index contributed by atoms with van der Waals surface area (Å²) < 4.78 is 11.9. The van der Waals surface area contributed by atoms with Crippen LogP contribution in [0.2, 0.25) is 0 Å². The summed E-state index contributed by atoms with van der Waals surface area (Å²) in [6, 6.07) is 49.6. The van der Waals surface area contributed by atoms with E-state index in [9.17, 15) is 0 Å². The van der Waals surface area contributed by atoms with E-state index in [-0.39, 0.29) is 0 Å². The highest BCUT2D eigenvalue weighted by atomic mass is 16.3. The van der Waals surface area contributed by atoms with E-state index in [0.717, 1.165) is 77.4 Å². The van der Waals surface area contributed by atoms with E-state index in [4.69, 9.17) is 8.83 Å². The Labute approximate surface area is 288 Å². The first kappa shape index (κ1) is 29.3. The molecule has 5 nitrogen and oxygen atoms in total. The van der Waals surface area contributed by atoms with Gasteiger partial charge in [-0.25, -0.2) is 0 Å². The van der Waals surface area contributed by atoms with Gasteiger partial charge in [-0.05, 0) is 95.1 Å². The first-order chi connectivity index (χ1) is 24.8. The van der Waals surface area contributed by atoms with Crippen LogP contribution >= 0.6 is 0 Å². The van der Waals surface area contributed by atoms with Crippen molar-refractivity contribution in [3.05, 3.63) is 177 Å². The van der Waals surface area contributed by atoms with Crippen LogP contribution in [0.3, 0.4) is 0 Å².